The van der Waals surface area contributed by atoms with Crippen molar-refractivity contribution in [2.45, 2.75) is 56.5 Å². The molecule has 3 heterocycles. The molecule has 0 radical (unpaired) electrons. The first-order valence-electron chi connectivity index (χ1n) is 10.9. The molecule has 3 aliphatic rings. The molecule has 5 rings (SSSR count). The average Bonchev–Trinajstić information content (AvgIpc) is 3.27. The molecule has 2 amide bonds. The molecule has 158 valence electrons. The summed E-state index contributed by atoms with van der Waals surface area (Å²) in [5, 5.41) is 10.3. The number of aromatic amines is 1. The zero-order valence-electron chi connectivity index (χ0n) is 17.0. The second kappa shape index (κ2) is 8.18. The number of carbonyl (C=O) groups is 2. The van der Waals surface area contributed by atoms with Gasteiger partial charge >= 0.3 is 0 Å². The summed E-state index contributed by atoms with van der Waals surface area (Å²) in [6, 6.07) is 7.16. The Bertz CT molecular complexity index is 924. The maximum Gasteiger partial charge on any atom is 0.253 e. The van der Waals surface area contributed by atoms with Gasteiger partial charge in [-0.25, -0.2) is 4.98 Å². The monoisotopic (exact) mass is 409 g/mol. The quantitative estimate of drug-likeness (QED) is 0.791. The molecule has 1 unspecified atom stereocenters. The summed E-state index contributed by atoms with van der Waals surface area (Å²) in [7, 11) is 0. The number of benzene rings is 1. The minimum Gasteiger partial charge on any atom is -0.368 e. The fourth-order valence-corrected chi connectivity index (χ4v) is 4.27. The van der Waals surface area contributed by atoms with E-state index in [1.54, 1.807) is 24.3 Å². The van der Waals surface area contributed by atoms with Crippen LogP contribution in [0.5, 0.6) is 0 Å². The van der Waals surface area contributed by atoms with Crippen LogP contribution in [0.1, 0.15) is 72.4 Å². The third kappa shape index (κ3) is 4.09. The molecule has 1 saturated carbocycles. The van der Waals surface area contributed by atoms with Gasteiger partial charge in [-0.05, 0) is 56.7 Å². The van der Waals surface area contributed by atoms with Crippen molar-refractivity contribution in [3.8, 4) is 0 Å². The highest BCUT2D eigenvalue weighted by atomic mass is 16.5. The Morgan fingerprint density at radius 3 is 2.67 bits per heavy atom. The molecule has 3 fully saturated rings. The Kier molecular flexibility index (Phi) is 5.25. The highest BCUT2D eigenvalue weighted by Gasteiger charge is 2.31. The Morgan fingerprint density at radius 2 is 1.93 bits per heavy atom. The van der Waals surface area contributed by atoms with E-state index in [-0.39, 0.29) is 17.9 Å². The van der Waals surface area contributed by atoms with Gasteiger partial charge in [0, 0.05) is 42.8 Å². The number of ether oxygens (including phenoxy) is 1. The van der Waals surface area contributed by atoms with Crippen LogP contribution in [0.2, 0.25) is 0 Å². The van der Waals surface area contributed by atoms with Crippen LogP contribution in [-0.4, -0.2) is 57.7 Å². The fraction of sp³-hybridized carbons (Fsp3) is 0.545. The smallest absolute Gasteiger partial charge is 0.253 e. The van der Waals surface area contributed by atoms with Crippen molar-refractivity contribution in [2.24, 2.45) is 0 Å². The number of carbonyl (C=O) groups excluding carboxylic acids is 2. The third-order valence-corrected chi connectivity index (χ3v) is 6.23. The maximum atomic E-state index is 13.0. The molecule has 8 nitrogen and oxygen atoms in total. The Morgan fingerprint density at radius 1 is 1.10 bits per heavy atom. The van der Waals surface area contributed by atoms with Crippen molar-refractivity contribution < 1.29 is 14.3 Å². The first-order valence-corrected chi connectivity index (χ1v) is 10.9. The van der Waals surface area contributed by atoms with Gasteiger partial charge in [-0.15, -0.1) is 0 Å². The van der Waals surface area contributed by atoms with Crippen molar-refractivity contribution in [1.82, 2.24) is 20.1 Å². The average molecular weight is 409 g/mol. The number of nitrogens with one attached hydrogen (secondary N) is 2. The lowest BCUT2D eigenvalue weighted by Crippen LogP contribution is -2.38. The second-order valence-electron chi connectivity index (χ2n) is 8.49. The van der Waals surface area contributed by atoms with Gasteiger partial charge in [-0.2, -0.15) is 5.10 Å². The van der Waals surface area contributed by atoms with Gasteiger partial charge in [-0.3, -0.25) is 14.7 Å². The summed E-state index contributed by atoms with van der Waals surface area (Å²) in [5.74, 6) is 2.64. The summed E-state index contributed by atoms with van der Waals surface area (Å²) in [5.41, 5.74) is 1.22. The van der Waals surface area contributed by atoms with Gasteiger partial charge in [0.05, 0.1) is 0 Å². The Balaban J connectivity index is 1.18. The number of H-pyrrole nitrogens is 1. The van der Waals surface area contributed by atoms with Crippen LogP contribution >= 0.6 is 0 Å². The summed E-state index contributed by atoms with van der Waals surface area (Å²) < 4.78 is 5.42. The third-order valence-electron chi connectivity index (χ3n) is 6.23. The van der Waals surface area contributed by atoms with Gasteiger partial charge in [0.1, 0.15) is 11.9 Å². The predicted molar refractivity (Wildman–Crippen MR) is 110 cm³/mol. The molecule has 1 atom stereocenters. The number of hydrogen-bond donors (Lipinski definition) is 2. The summed E-state index contributed by atoms with van der Waals surface area (Å²) >= 11 is 0. The molecule has 1 aliphatic carbocycles. The van der Waals surface area contributed by atoms with E-state index in [1.807, 2.05) is 4.90 Å². The van der Waals surface area contributed by atoms with Crippen LogP contribution in [-0.2, 0) is 9.53 Å². The number of piperidine rings is 1. The van der Waals surface area contributed by atoms with Crippen LogP contribution in [0.3, 0.4) is 0 Å². The highest BCUT2D eigenvalue weighted by Crippen LogP contribution is 2.38. The Labute approximate surface area is 175 Å². The molecule has 30 heavy (non-hydrogen) atoms. The van der Waals surface area contributed by atoms with E-state index in [0.29, 0.717) is 42.8 Å². The molecule has 8 heteroatoms. The first kappa shape index (κ1) is 19.2. The van der Waals surface area contributed by atoms with E-state index < -0.39 is 0 Å². The van der Waals surface area contributed by atoms with Crippen LogP contribution in [0, 0.1) is 0 Å². The molecule has 0 spiro atoms. The SMILES string of the molecule is O=C(Nc1cccc(C(=O)N2CCC(c3nc(C4CC4)n[nH]3)CC2)c1)C1CCCO1. The number of rotatable bonds is 5. The van der Waals surface area contributed by atoms with E-state index in [1.165, 1.54) is 12.8 Å². The van der Waals surface area contributed by atoms with Crippen LogP contribution in [0.4, 0.5) is 5.69 Å². The molecule has 0 bridgehead atoms. The van der Waals surface area contributed by atoms with E-state index in [2.05, 4.69) is 20.5 Å². The van der Waals surface area contributed by atoms with Gasteiger partial charge in [-0.1, -0.05) is 6.07 Å². The standard InChI is InChI=1S/C22H27N5O3/c28-21(18-5-2-12-30-18)23-17-4-1-3-16(13-17)22(29)27-10-8-15(9-11-27)20-24-19(25-26-20)14-6-7-14/h1,3-4,13-15,18H,2,5-12H2,(H,23,28)(H,24,25,26). The van der Waals surface area contributed by atoms with Crippen LogP contribution in [0.15, 0.2) is 24.3 Å². The summed E-state index contributed by atoms with van der Waals surface area (Å²) in [6.07, 6.45) is 5.39. The van der Waals surface area contributed by atoms with Crippen LogP contribution < -0.4 is 5.32 Å². The van der Waals surface area contributed by atoms with E-state index in [0.717, 1.165) is 37.3 Å². The molecule has 2 aliphatic heterocycles. The zero-order valence-corrected chi connectivity index (χ0v) is 17.0. The molecule has 1 aromatic carbocycles. The van der Waals surface area contributed by atoms with Crippen molar-refractivity contribution in [3.05, 3.63) is 41.5 Å². The second-order valence-corrected chi connectivity index (χ2v) is 8.49. The number of anilines is 1. The molecule has 2 saturated heterocycles. The van der Waals surface area contributed by atoms with Crippen molar-refractivity contribution in [3.63, 3.8) is 0 Å². The lowest BCUT2D eigenvalue weighted by Gasteiger charge is -2.31. The predicted octanol–water partition coefficient (Wildman–Crippen LogP) is 2.82. The lowest BCUT2D eigenvalue weighted by molar-refractivity contribution is -0.124. The summed E-state index contributed by atoms with van der Waals surface area (Å²) in [6.45, 7) is 2.01. The van der Waals surface area contributed by atoms with Gasteiger partial charge in [0.2, 0.25) is 0 Å². The van der Waals surface area contributed by atoms with E-state index in [4.69, 9.17) is 4.74 Å². The van der Waals surface area contributed by atoms with E-state index >= 15 is 0 Å². The van der Waals surface area contributed by atoms with Crippen molar-refractivity contribution in [1.29, 1.82) is 0 Å². The minimum atomic E-state index is -0.389. The van der Waals surface area contributed by atoms with Gasteiger partial charge < -0.3 is 15.0 Å². The molecular weight excluding hydrogens is 382 g/mol. The van der Waals surface area contributed by atoms with Crippen LogP contribution in [0.25, 0.3) is 0 Å². The molecular formula is C22H27N5O3. The first-order chi connectivity index (χ1) is 14.7. The number of hydrogen-bond acceptors (Lipinski definition) is 5. The minimum absolute atomic E-state index is 0.00194. The van der Waals surface area contributed by atoms with Crippen molar-refractivity contribution >= 4 is 17.5 Å². The molecule has 1 aromatic heterocycles. The highest BCUT2D eigenvalue weighted by molar-refractivity contribution is 5.98. The normalized spacial score (nSPS) is 22.3. The van der Waals surface area contributed by atoms with Gasteiger partial charge in [0.15, 0.2) is 5.82 Å². The Hall–Kier alpha value is -2.74. The molecule has 2 N–H and O–H groups in total. The largest absolute Gasteiger partial charge is 0.368 e. The number of nitrogens with zero attached hydrogens (tertiary/aromatic N) is 3. The fourth-order valence-electron chi connectivity index (χ4n) is 4.27. The number of aromatic nitrogens is 3. The lowest BCUT2D eigenvalue weighted by atomic mass is 9.95. The van der Waals surface area contributed by atoms with E-state index in [9.17, 15) is 9.59 Å². The maximum absolute atomic E-state index is 13.0. The van der Waals surface area contributed by atoms with Gasteiger partial charge in [0.25, 0.3) is 11.8 Å². The van der Waals surface area contributed by atoms with Crippen molar-refractivity contribution in [2.75, 3.05) is 25.0 Å². The topological polar surface area (TPSA) is 100 Å². The number of amides is 2. The molecule has 2 aromatic rings. The number of likely N-dealkylation sites (tertiary alicyclic amines) is 1. The summed E-state index contributed by atoms with van der Waals surface area (Å²) in [4.78, 5) is 31.8. The zero-order chi connectivity index (χ0) is 20.5.